The third kappa shape index (κ3) is 45.8. The fourth-order valence-electron chi connectivity index (χ4n) is 11.3. The zero-order chi connectivity index (χ0) is 74.6. The van der Waals surface area contributed by atoms with E-state index in [4.69, 9.17) is 23.7 Å². The van der Waals surface area contributed by atoms with E-state index >= 15 is 0 Å². The van der Waals surface area contributed by atoms with Gasteiger partial charge in [-0.25, -0.2) is 0 Å². The third-order valence-corrected chi connectivity index (χ3v) is 19.4. The zero-order valence-corrected chi connectivity index (χ0v) is 70.1. The van der Waals surface area contributed by atoms with Crippen LogP contribution in [0.25, 0.3) is 0 Å². The molecule has 0 fully saturated rings. The van der Waals surface area contributed by atoms with E-state index < -0.39 is 0 Å². The van der Waals surface area contributed by atoms with Crippen LogP contribution >= 0.6 is 63.1 Å². The molecule has 10 rings (SSSR count). The second-order valence-electron chi connectivity index (χ2n) is 27.0. The molecule has 0 heterocycles. The number of ether oxygens (including phenoxy) is 5. The molecule has 10 aromatic rings. The third-order valence-electron chi connectivity index (χ3n) is 17.9. The minimum absolute atomic E-state index is 0. The SMILES string of the molecule is CCCCCCc1ccc(COc2ccc(S)cc2)cc1.CCCCCCc1ccc(COc2ccc(S)cc2)cc1.CCCCCCc1ccc(COc2ccc(S)cc2)cc1.CCCCCCc1ccc(COc2ccc(S)cc2)cc1.CCCCCCc1ccc(COc2ccc(S)cc2)cc1.F.F.F.F.F. The summed E-state index contributed by atoms with van der Waals surface area (Å²) in [6.07, 6.45) is 32.3. The summed E-state index contributed by atoms with van der Waals surface area (Å²) in [6.45, 7) is 14.3. The van der Waals surface area contributed by atoms with Gasteiger partial charge in [0.1, 0.15) is 61.8 Å². The van der Waals surface area contributed by atoms with E-state index in [0.29, 0.717) is 33.0 Å². The Hall–Kier alpha value is -7.40. The fraction of sp³-hybridized carbons (Fsp3) is 0.368. The standard InChI is InChI=1S/5C19H24OS.5FH/c5*1-2-3-4-5-6-16-7-9-17(10-8-16)15-20-18-11-13-19(21)14-12-18;;;;;/h5*7-14,21H,2-6,15H2,1H3;5*1H. The highest BCUT2D eigenvalue weighted by Gasteiger charge is 2.05. The van der Waals surface area contributed by atoms with Crippen molar-refractivity contribution in [3.8, 4) is 28.7 Å². The van der Waals surface area contributed by atoms with Crippen molar-refractivity contribution in [2.45, 2.75) is 253 Å². The number of rotatable bonds is 40. The van der Waals surface area contributed by atoms with E-state index in [2.05, 4.69) is 219 Å². The van der Waals surface area contributed by atoms with Gasteiger partial charge in [0.2, 0.25) is 0 Å². The molecule has 0 aliphatic carbocycles. The van der Waals surface area contributed by atoms with Crippen LogP contribution in [0.15, 0.2) is 267 Å². The Morgan fingerprint density at radius 3 is 0.418 bits per heavy atom. The first-order valence-corrected chi connectivity index (χ1v) is 41.1. The maximum atomic E-state index is 5.77. The van der Waals surface area contributed by atoms with Crippen LogP contribution in [0.4, 0.5) is 23.5 Å². The normalized spacial score (nSPS) is 10.1. The van der Waals surface area contributed by atoms with E-state index in [0.717, 1.165) is 53.2 Å². The number of unbranched alkanes of at least 4 members (excludes halogenated alkanes) is 15. The van der Waals surface area contributed by atoms with Gasteiger partial charge >= 0.3 is 0 Å². The predicted molar refractivity (Wildman–Crippen MR) is 474 cm³/mol. The molecule has 0 aromatic heterocycles. The highest BCUT2D eigenvalue weighted by molar-refractivity contribution is 7.81. The van der Waals surface area contributed by atoms with E-state index in [-0.39, 0.29) is 23.5 Å². The van der Waals surface area contributed by atoms with Crippen molar-refractivity contribution in [1.82, 2.24) is 0 Å². The zero-order valence-electron chi connectivity index (χ0n) is 65.6. The van der Waals surface area contributed by atoms with Crippen LogP contribution in [-0.4, -0.2) is 0 Å². The maximum absolute atomic E-state index is 5.77. The van der Waals surface area contributed by atoms with Crippen LogP contribution in [0.2, 0.25) is 0 Å². The summed E-state index contributed by atoms with van der Waals surface area (Å²) >= 11 is 21.3. The summed E-state index contributed by atoms with van der Waals surface area (Å²) < 4.78 is 28.8. The summed E-state index contributed by atoms with van der Waals surface area (Å²) in [4.78, 5) is 4.77. The Morgan fingerprint density at radius 1 is 0.164 bits per heavy atom. The lowest BCUT2D eigenvalue weighted by Gasteiger charge is -2.07. The van der Waals surface area contributed by atoms with Gasteiger partial charge in [-0.05, 0) is 241 Å². The van der Waals surface area contributed by atoms with E-state index in [1.807, 2.05) is 121 Å². The highest BCUT2D eigenvalue weighted by atomic mass is 32.1. The highest BCUT2D eigenvalue weighted by Crippen LogP contribution is 2.24. The molecule has 0 spiro atoms. The molecular formula is C95H125F5O5S5. The lowest BCUT2D eigenvalue weighted by molar-refractivity contribution is 0.306. The second kappa shape index (κ2) is 63.2. The number of hydrogen-bond acceptors (Lipinski definition) is 10. The summed E-state index contributed by atoms with van der Waals surface area (Å²) in [6, 6.07) is 82.8. The van der Waals surface area contributed by atoms with Gasteiger partial charge < -0.3 is 23.7 Å². The van der Waals surface area contributed by atoms with Gasteiger partial charge in [0.25, 0.3) is 0 Å². The Kier molecular flexibility index (Phi) is 57.8. The van der Waals surface area contributed by atoms with Crippen LogP contribution in [0.5, 0.6) is 28.7 Å². The molecule has 0 saturated carbocycles. The molecule has 110 heavy (non-hydrogen) atoms. The number of thiol groups is 5. The van der Waals surface area contributed by atoms with E-state index in [1.165, 1.54) is 216 Å². The molecule has 0 atom stereocenters. The number of benzene rings is 10. The molecular weight excluding hydrogens is 1480 g/mol. The lowest BCUT2D eigenvalue weighted by atomic mass is 10.0. The van der Waals surface area contributed by atoms with Crippen molar-refractivity contribution in [3.05, 3.63) is 298 Å². The molecule has 5 nitrogen and oxygen atoms in total. The number of halogens is 5. The Morgan fingerprint density at radius 2 is 0.291 bits per heavy atom. The molecule has 0 aliphatic rings. The van der Waals surface area contributed by atoms with Crippen LogP contribution in [0, 0.1) is 0 Å². The van der Waals surface area contributed by atoms with E-state index in [9.17, 15) is 0 Å². The lowest BCUT2D eigenvalue weighted by Crippen LogP contribution is -1.95. The molecule has 0 saturated heterocycles. The number of hydrogen-bond donors (Lipinski definition) is 5. The molecule has 15 heteroatoms. The van der Waals surface area contributed by atoms with Crippen LogP contribution in [0.1, 0.15) is 219 Å². The van der Waals surface area contributed by atoms with Gasteiger partial charge in [0, 0.05) is 24.5 Å². The molecule has 0 aliphatic heterocycles. The molecule has 600 valence electrons. The largest absolute Gasteiger partial charge is 0.489 e. The fourth-order valence-corrected chi connectivity index (χ4v) is 12.1. The van der Waals surface area contributed by atoms with E-state index in [1.54, 1.807) is 0 Å². The smallest absolute Gasteiger partial charge is 0.119 e. The molecule has 0 unspecified atom stereocenters. The van der Waals surface area contributed by atoms with Gasteiger partial charge in [-0.15, -0.1) is 63.1 Å². The van der Waals surface area contributed by atoms with Crippen molar-refractivity contribution in [2.24, 2.45) is 0 Å². The Balaban J connectivity index is 0.000000680. The average Bonchev–Trinajstić information content (AvgIpc) is 0.911. The minimum atomic E-state index is 0. The summed E-state index contributed by atoms with van der Waals surface area (Å²) in [7, 11) is 0. The van der Waals surface area contributed by atoms with Crippen molar-refractivity contribution in [1.29, 1.82) is 0 Å². The molecule has 0 N–H and O–H groups in total. The predicted octanol–water partition coefficient (Wildman–Crippen LogP) is 29.1. The van der Waals surface area contributed by atoms with Crippen molar-refractivity contribution in [3.63, 3.8) is 0 Å². The molecule has 10 aromatic carbocycles. The first-order chi connectivity index (χ1) is 51.4. The summed E-state index contributed by atoms with van der Waals surface area (Å²) in [5.74, 6) is 4.43. The summed E-state index contributed by atoms with van der Waals surface area (Å²) in [5.41, 5.74) is 13.2. The van der Waals surface area contributed by atoms with Gasteiger partial charge in [-0.3, -0.25) is 23.5 Å². The molecule has 0 bridgehead atoms. The van der Waals surface area contributed by atoms with Crippen molar-refractivity contribution in [2.75, 3.05) is 0 Å². The van der Waals surface area contributed by atoms with Crippen LogP contribution in [-0.2, 0) is 65.1 Å². The first kappa shape index (κ1) is 101. The molecule has 0 radical (unpaired) electrons. The minimum Gasteiger partial charge on any atom is -0.489 e. The topological polar surface area (TPSA) is 46.2 Å². The Labute approximate surface area is 685 Å². The van der Waals surface area contributed by atoms with Gasteiger partial charge in [0.05, 0.1) is 0 Å². The summed E-state index contributed by atoms with van der Waals surface area (Å²) in [5, 5.41) is 0. The average molecular weight is 1600 g/mol. The van der Waals surface area contributed by atoms with Gasteiger partial charge in [-0.1, -0.05) is 252 Å². The van der Waals surface area contributed by atoms with Crippen molar-refractivity contribution >= 4 is 63.1 Å². The maximum Gasteiger partial charge on any atom is 0.119 e. The second-order valence-corrected chi connectivity index (χ2v) is 29.6. The number of aryl methyl sites for hydroxylation is 5. The molecule has 0 amide bonds. The van der Waals surface area contributed by atoms with Crippen molar-refractivity contribution < 1.29 is 47.2 Å². The van der Waals surface area contributed by atoms with Gasteiger partial charge in [-0.2, -0.15) is 0 Å². The van der Waals surface area contributed by atoms with Crippen LogP contribution < -0.4 is 23.7 Å². The first-order valence-electron chi connectivity index (χ1n) is 38.9. The Bertz CT molecular complexity index is 3200. The van der Waals surface area contributed by atoms with Gasteiger partial charge in [0.15, 0.2) is 0 Å². The van der Waals surface area contributed by atoms with Crippen LogP contribution in [0.3, 0.4) is 0 Å². The quantitative estimate of drug-likeness (QED) is 0.0151. The monoisotopic (exact) mass is 1600 g/mol.